The van der Waals surface area contributed by atoms with Gasteiger partial charge >= 0.3 is 0 Å². The van der Waals surface area contributed by atoms with Gasteiger partial charge in [0.15, 0.2) is 0 Å². The van der Waals surface area contributed by atoms with Crippen molar-refractivity contribution in [3.05, 3.63) is 23.3 Å². The van der Waals surface area contributed by atoms with Gasteiger partial charge in [0, 0.05) is 0 Å². The molecular weight excluding hydrogens is 224 g/mol. The minimum Gasteiger partial charge on any atom is -0.0656 e. The quantitative estimate of drug-likeness (QED) is 0.706. The molecule has 90 valence electrons. The third kappa shape index (κ3) is 2.86. The summed E-state index contributed by atoms with van der Waals surface area (Å²) in [5.41, 5.74) is 2.92. The molecule has 0 aliphatic rings. The molecule has 1 aromatic rings. The van der Waals surface area contributed by atoms with Crippen LogP contribution in [0.25, 0.3) is 0 Å². The maximum Gasteiger partial charge on any atom is 0.0774 e. The van der Waals surface area contributed by atoms with Crippen molar-refractivity contribution in [1.82, 2.24) is 0 Å². The molecule has 0 aromatic heterocycles. The summed E-state index contributed by atoms with van der Waals surface area (Å²) >= 11 is 0. The van der Waals surface area contributed by atoms with Crippen molar-refractivity contribution in [3.8, 4) is 0 Å². The Bertz CT molecular complexity index is 353. The number of hydrogen-bond acceptors (Lipinski definition) is 0. The van der Waals surface area contributed by atoms with E-state index in [-0.39, 0.29) is 0 Å². The molecule has 0 unspecified atom stereocenters. The first-order valence-corrected chi connectivity index (χ1v) is 13.2. The maximum absolute atomic E-state index is 2.47. The molecule has 0 radical (unpaired) electrons. The van der Waals surface area contributed by atoms with E-state index in [9.17, 15) is 0 Å². The standard InChI is InChI=1S/C14H26Si2/c1-11-9-13(15(3,4)5)14(10-12(11)2)16(6,7)8/h9-10H,1-8H3. The predicted molar refractivity (Wildman–Crippen MR) is 81.9 cm³/mol. The zero-order valence-electron chi connectivity index (χ0n) is 12.2. The average molecular weight is 251 g/mol. The average Bonchev–Trinajstić information content (AvgIpc) is 2.05. The lowest BCUT2D eigenvalue weighted by atomic mass is 10.1. The third-order valence-electron chi connectivity index (χ3n) is 3.25. The highest BCUT2D eigenvalue weighted by molar-refractivity contribution is 6.98. The van der Waals surface area contributed by atoms with E-state index < -0.39 is 16.1 Å². The number of rotatable bonds is 2. The fourth-order valence-corrected chi connectivity index (χ4v) is 7.37. The first-order valence-electron chi connectivity index (χ1n) is 6.15. The van der Waals surface area contributed by atoms with Gasteiger partial charge in [-0.05, 0) is 25.0 Å². The Morgan fingerprint density at radius 3 is 1.06 bits per heavy atom. The highest BCUT2D eigenvalue weighted by atomic mass is 28.3. The van der Waals surface area contributed by atoms with Crippen LogP contribution < -0.4 is 10.4 Å². The summed E-state index contributed by atoms with van der Waals surface area (Å²) in [5.74, 6) is 0. The Balaban J connectivity index is 3.53. The van der Waals surface area contributed by atoms with Crippen molar-refractivity contribution in [2.45, 2.75) is 53.1 Å². The second-order valence-corrected chi connectivity index (χ2v) is 17.1. The molecule has 0 spiro atoms. The van der Waals surface area contributed by atoms with Crippen LogP contribution in [0.3, 0.4) is 0 Å². The summed E-state index contributed by atoms with van der Waals surface area (Å²) in [6.07, 6.45) is 0. The van der Waals surface area contributed by atoms with Crippen LogP contribution in [0.2, 0.25) is 39.3 Å². The van der Waals surface area contributed by atoms with Gasteiger partial charge in [-0.3, -0.25) is 0 Å². The molecule has 0 N–H and O–H groups in total. The molecule has 0 atom stereocenters. The van der Waals surface area contributed by atoms with E-state index in [0.717, 1.165) is 0 Å². The lowest BCUT2D eigenvalue weighted by Gasteiger charge is -2.29. The van der Waals surface area contributed by atoms with Gasteiger partial charge in [0.25, 0.3) is 0 Å². The zero-order chi connectivity index (χ0) is 12.7. The van der Waals surface area contributed by atoms with Gasteiger partial charge in [-0.15, -0.1) is 0 Å². The number of hydrogen-bond donors (Lipinski definition) is 0. The fourth-order valence-electron chi connectivity index (χ4n) is 2.06. The molecule has 0 nitrogen and oxygen atoms in total. The lowest BCUT2D eigenvalue weighted by Crippen LogP contribution is -2.56. The molecule has 16 heavy (non-hydrogen) atoms. The Hall–Kier alpha value is -0.346. The van der Waals surface area contributed by atoms with Gasteiger partial charge in [-0.2, -0.15) is 0 Å². The number of aryl methyl sites for hydroxylation is 2. The van der Waals surface area contributed by atoms with E-state index in [4.69, 9.17) is 0 Å². The van der Waals surface area contributed by atoms with Gasteiger partial charge in [-0.1, -0.05) is 61.8 Å². The molecule has 0 saturated heterocycles. The van der Waals surface area contributed by atoms with Gasteiger partial charge < -0.3 is 0 Å². The van der Waals surface area contributed by atoms with E-state index in [0.29, 0.717) is 0 Å². The van der Waals surface area contributed by atoms with Crippen LogP contribution in [0.4, 0.5) is 0 Å². The van der Waals surface area contributed by atoms with Crippen molar-refractivity contribution >= 4 is 26.5 Å². The second kappa shape index (κ2) is 4.15. The summed E-state index contributed by atoms with van der Waals surface area (Å²) in [7, 11) is -2.41. The van der Waals surface area contributed by atoms with E-state index in [1.54, 1.807) is 10.4 Å². The molecule has 0 aliphatic carbocycles. The Labute approximate surface area is 103 Å². The molecule has 0 amide bonds. The SMILES string of the molecule is Cc1cc([Si](C)(C)C)c([Si](C)(C)C)cc1C. The van der Waals surface area contributed by atoms with Gasteiger partial charge in [0.1, 0.15) is 0 Å². The largest absolute Gasteiger partial charge is 0.0774 e. The third-order valence-corrected chi connectivity index (χ3v) is 7.56. The van der Waals surface area contributed by atoms with Gasteiger partial charge in [-0.25, -0.2) is 0 Å². The van der Waals surface area contributed by atoms with Gasteiger partial charge in [0.2, 0.25) is 0 Å². The van der Waals surface area contributed by atoms with Crippen LogP contribution in [0.15, 0.2) is 12.1 Å². The van der Waals surface area contributed by atoms with E-state index in [1.807, 2.05) is 0 Å². The highest BCUT2D eigenvalue weighted by Gasteiger charge is 2.27. The maximum atomic E-state index is 2.47. The van der Waals surface area contributed by atoms with Crippen LogP contribution in [0.1, 0.15) is 11.1 Å². The van der Waals surface area contributed by atoms with Crippen LogP contribution in [-0.4, -0.2) is 16.1 Å². The van der Waals surface area contributed by atoms with Crippen LogP contribution in [0.5, 0.6) is 0 Å². The van der Waals surface area contributed by atoms with E-state index >= 15 is 0 Å². The molecule has 0 saturated carbocycles. The Morgan fingerprint density at radius 2 is 0.875 bits per heavy atom. The van der Waals surface area contributed by atoms with Crippen molar-refractivity contribution in [2.75, 3.05) is 0 Å². The van der Waals surface area contributed by atoms with Crippen molar-refractivity contribution in [3.63, 3.8) is 0 Å². The Kier molecular flexibility index (Phi) is 3.56. The summed E-state index contributed by atoms with van der Waals surface area (Å²) in [6.45, 7) is 19.2. The molecular formula is C14H26Si2. The minimum atomic E-state index is -1.21. The predicted octanol–water partition coefficient (Wildman–Crippen LogP) is 3.39. The monoisotopic (exact) mass is 250 g/mol. The topological polar surface area (TPSA) is 0 Å². The van der Waals surface area contributed by atoms with Crippen molar-refractivity contribution in [2.24, 2.45) is 0 Å². The Morgan fingerprint density at radius 1 is 0.625 bits per heavy atom. The molecule has 1 rings (SSSR count). The first kappa shape index (κ1) is 13.7. The zero-order valence-corrected chi connectivity index (χ0v) is 14.2. The van der Waals surface area contributed by atoms with Crippen LogP contribution in [-0.2, 0) is 0 Å². The number of benzene rings is 1. The molecule has 1 aromatic carbocycles. The fraction of sp³-hybridized carbons (Fsp3) is 0.571. The van der Waals surface area contributed by atoms with Gasteiger partial charge in [0.05, 0.1) is 16.1 Å². The lowest BCUT2D eigenvalue weighted by molar-refractivity contribution is 1.35. The minimum absolute atomic E-state index is 1.21. The summed E-state index contributed by atoms with van der Waals surface area (Å²) in [6, 6.07) is 4.93. The summed E-state index contributed by atoms with van der Waals surface area (Å²) < 4.78 is 0. The second-order valence-electron chi connectivity index (χ2n) is 6.98. The summed E-state index contributed by atoms with van der Waals surface area (Å²) in [5, 5.41) is 3.38. The highest BCUT2D eigenvalue weighted by Crippen LogP contribution is 2.12. The molecule has 0 fully saturated rings. The first-order chi connectivity index (χ1) is 7.03. The molecule has 0 aliphatic heterocycles. The summed E-state index contributed by atoms with van der Waals surface area (Å²) in [4.78, 5) is 0. The van der Waals surface area contributed by atoms with E-state index in [1.165, 1.54) is 11.1 Å². The normalized spacial score (nSPS) is 13.0. The van der Waals surface area contributed by atoms with Crippen LogP contribution in [0, 0.1) is 13.8 Å². The molecule has 0 heterocycles. The van der Waals surface area contributed by atoms with Crippen molar-refractivity contribution in [1.29, 1.82) is 0 Å². The van der Waals surface area contributed by atoms with Crippen molar-refractivity contribution < 1.29 is 0 Å². The van der Waals surface area contributed by atoms with Crippen LogP contribution >= 0.6 is 0 Å². The smallest absolute Gasteiger partial charge is 0.0656 e. The molecule has 0 bridgehead atoms. The molecule has 2 heteroatoms. The van der Waals surface area contributed by atoms with E-state index in [2.05, 4.69) is 65.3 Å².